The van der Waals surface area contributed by atoms with Gasteiger partial charge < -0.3 is 0 Å². The second kappa shape index (κ2) is 7.80. The van der Waals surface area contributed by atoms with Crippen molar-refractivity contribution in [2.45, 2.75) is 19.9 Å². The van der Waals surface area contributed by atoms with Crippen molar-refractivity contribution in [2.75, 3.05) is 0 Å². The zero-order valence-electron chi connectivity index (χ0n) is 15.8. The van der Waals surface area contributed by atoms with Crippen LogP contribution in [0.25, 0.3) is 21.6 Å². The summed E-state index contributed by atoms with van der Waals surface area (Å²) < 4.78 is 1.78. The Balaban J connectivity index is 1.68. The van der Waals surface area contributed by atoms with Gasteiger partial charge in [-0.3, -0.25) is 25.4 Å². The fourth-order valence-corrected chi connectivity index (χ4v) is 3.57. The number of hydrogen-bond donors (Lipinski definition) is 2. The molecule has 146 valence electrons. The largest absolute Gasteiger partial charge is 0.271 e. The first-order valence-corrected chi connectivity index (χ1v) is 9.85. The SMILES string of the molecule is CC(C)n1ncc2c(C(=O)NNC(=O)c3cccnc3)cc(-c3cccs3)nc21. The van der Waals surface area contributed by atoms with Crippen LogP contribution >= 0.6 is 11.3 Å². The van der Waals surface area contributed by atoms with Crippen LogP contribution in [0.15, 0.2) is 54.3 Å². The molecule has 0 aromatic carbocycles. The molecular weight excluding hydrogens is 388 g/mol. The molecule has 2 N–H and O–H groups in total. The summed E-state index contributed by atoms with van der Waals surface area (Å²) >= 11 is 1.54. The molecule has 4 heterocycles. The minimum absolute atomic E-state index is 0.0831. The summed E-state index contributed by atoms with van der Waals surface area (Å²) in [4.78, 5) is 34.7. The van der Waals surface area contributed by atoms with Crippen LogP contribution in [0.2, 0.25) is 0 Å². The molecule has 0 saturated heterocycles. The van der Waals surface area contributed by atoms with Crippen LogP contribution in [0.5, 0.6) is 0 Å². The van der Waals surface area contributed by atoms with Crippen molar-refractivity contribution < 1.29 is 9.59 Å². The first kappa shape index (κ1) is 18.8. The lowest BCUT2D eigenvalue weighted by Crippen LogP contribution is -2.41. The van der Waals surface area contributed by atoms with Crippen LogP contribution in [0, 0.1) is 0 Å². The summed E-state index contributed by atoms with van der Waals surface area (Å²) in [7, 11) is 0. The third-order valence-electron chi connectivity index (χ3n) is 4.29. The van der Waals surface area contributed by atoms with Crippen LogP contribution in [-0.4, -0.2) is 31.6 Å². The third-order valence-corrected chi connectivity index (χ3v) is 5.18. The molecule has 0 aliphatic heterocycles. The zero-order chi connectivity index (χ0) is 20.4. The maximum atomic E-state index is 12.9. The quantitative estimate of drug-likeness (QED) is 0.507. The molecule has 0 atom stereocenters. The molecular formula is C20H18N6O2S. The molecule has 0 spiro atoms. The van der Waals surface area contributed by atoms with Crippen molar-refractivity contribution in [3.63, 3.8) is 0 Å². The standard InChI is InChI=1S/C20H18N6O2S/c1-12(2)26-18-15(11-22-26)14(9-16(23-18)17-6-4-8-29-17)20(28)25-24-19(27)13-5-3-7-21-10-13/h3-12H,1-2H3,(H,24,27)(H,25,28). The van der Waals surface area contributed by atoms with E-state index >= 15 is 0 Å². The topological polar surface area (TPSA) is 102 Å². The van der Waals surface area contributed by atoms with Gasteiger partial charge in [-0.25, -0.2) is 9.67 Å². The molecule has 29 heavy (non-hydrogen) atoms. The van der Waals surface area contributed by atoms with E-state index in [-0.39, 0.29) is 6.04 Å². The first-order chi connectivity index (χ1) is 14.0. The lowest BCUT2D eigenvalue weighted by Gasteiger charge is -2.11. The number of thiophene rings is 1. The molecule has 4 aromatic rings. The zero-order valence-corrected chi connectivity index (χ0v) is 16.6. The molecule has 0 unspecified atom stereocenters. The molecule has 4 rings (SSSR count). The van der Waals surface area contributed by atoms with E-state index in [1.807, 2.05) is 31.4 Å². The number of carbonyl (C=O) groups excluding carboxylic acids is 2. The van der Waals surface area contributed by atoms with Gasteiger partial charge in [-0.2, -0.15) is 5.10 Å². The number of rotatable bonds is 4. The normalized spacial score (nSPS) is 11.0. The van der Waals surface area contributed by atoms with Gasteiger partial charge in [0.05, 0.1) is 33.3 Å². The third kappa shape index (κ3) is 3.72. The Morgan fingerprint density at radius 1 is 1.10 bits per heavy atom. The number of amides is 2. The maximum absolute atomic E-state index is 12.9. The van der Waals surface area contributed by atoms with E-state index in [4.69, 9.17) is 4.98 Å². The molecule has 4 aromatic heterocycles. The lowest BCUT2D eigenvalue weighted by atomic mass is 10.1. The second-order valence-electron chi connectivity index (χ2n) is 6.60. The van der Waals surface area contributed by atoms with Crippen LogP contribution in [-0.2, 0) is 0 Å². The summed E-state index contributed by atoms with van der Waals surface area (Å²) in [6.07, 6.45) is 4.62. The number of aromatic nitrogens is 4. The monoisotopic (exact) mass is 406 g/mol. The number of hydrogen-bond acceptors (Lipinski definition) is 6. The Labute approximate surface area is 170 Å². The van der Waals surface area contributed by atoms with E-state index in [0.717, 1.165) is 4.88 Å². The van der Waals surface area contributed by atoms with E-state index in [2.05, 4.69) is 20.9 Å². The van der Waals surface area contributed by atoms with Crippen LogP contribution < -0.4 is 10.9 Å². The van der Waals surface area contributed by atoms with Gasteiger partial charge in [0.15, 0.2) is 5.65 Å². The van der Waals surface area contributed by atoms with Crippen molar-refractivity contribution in [3.05, 3.63) is 65.4 Å². The highest BCUT2D eigenvalue weighted by Crippen LogP contribution is 2.28. The van der Waals surface area contributed by atoms with Gasteiger partial charge in [0, 0.05) is 18.4 Å². The Hall–Kier alpha value is -3.59. The summed E-state index contributed by atoms with van der Waals surface area (Å²) in [6.45, 7) is 4.00. The molecule has 0 aliphatic carbocycles. The predicted octanol–water partition coefficient (Wildman–Crippen LogP) is 3.21. The highest BCUT2D eigenvalue weighted by Gasteiger charge is 2.19. The van der Waals surface area contributed by atoms with Gasteiger partial charge in [-0.15, -0.1) is 11.3 Å². The Kier molecular flexibility index (Phi) is 5.05. The van der Waals surface area contributed by atoms with E-state index in [1.54, 1.807) is 35.3 Å². The Bertz CT molecular complexity index is 1170. The second-order valence-corrected chi connectivity index (χ2v) is 7.55. The molecule has 2 amide bonds. The first-order valence-electron chi connectivity index (χ1n) is 8.97. The summed E-state index contributed by atoms with van der Waals surface area (Å²) in [5.41, 5.74) is 6.93. The molecule has 0 fully saturated rings. The average molecular weight is 406 g/mol. The van der Waals surface area contributed by atoms with Gasteiger partial charge in [-0.1, -0.05) is 6.07 Å². The summed E-state index contributed by atoms with van der Waals surface area (Å²) in [5, 5.41) is 6.96. The minimum Gasteiger partial charge on any atom is -0.267 e. The minimum atomic E-state index is -0.451. The molecule has 0 saturated carbocycles. The Morgan fingerprint density at radius 2 is 1.93 bits per heavy atom. The van der Waals surface area contributed by atoms with E-state index in [9.17, 15) is 9.59 Å². The fourth-order valence-electron chi connectivity index (χ4n) is 2.88. The fraction of sp³-hybridized carbons (Fsp3) is 0.150. The summed E-state index contributed by atoms with van der Waals surface area (Å²) in [6, 6.07) is 8.93. The molecule has 9 heteroatoms. The molecule has 8 nitrogen and oxygen atoms in total. The number of hydrazine groups is 1. The van der Waals surface area contributed by atoms with Crippen LogP contribution in [0.3, 0.4) is 0 Å². The smallest absolute Gasteiger partial charge is 0.267 e. The number of fused-ring (bicyclic) bond motifs is 1. The van der Waals surface area contributed by atoms with Crippen molar-refractivity contribution >= 4 is 34.2 Å². The van der Waals surface area contributed by atoms with Crippen LogP contribution in [0.1, 0.15) is 40.6 Å². The van der Waals surface area contributed by atoms with E-state index in [0.29, 0.717) is 27.9 Å². The molecule has 0 radical (unpaired) electrons. The lowest BCUT2D eigenvalue weighted by molar-refractivity contribution is 0.0847. The summed E-state index contributed by atoms with van der Waals surface area (Å²) in [5.74, 6) is -0.899. The van der Waals surface area contributed by atoms with E-state index < -0.39 is 11.8 Å². The average Bonchev–Trinajstić information content (AvgIpc) is 3.41. The van der Waals surface area contributed by atoms with Gasteiger partial charge in [0.2, 0.25) is 0 Å². The highest BCUT2D eigenvalue weighted by atomic mass is 32.1. The van der Waals surface area contributed by atoms with Crippen molar-refractivity contribution in [2.24, 2.45) is 0 Å². The number of pyridine rings is 2. The molecule has 0 bridgehead atoms. The maximum Gasteiger partial charge on any atom is 0.271 e. The van der Waals surface area contributed by atoms with Crippen molar-refractivity contribution in [1.29, 1.82) is 0 Å². The number of nitrogens with zero attached hydrogens (tertiary/aromatic N) is 4. The van der Waals surface area contributed by atoms with E-state index in [1.165, 1.54) is 17.5 Å². The highest BCUT2D eigenvalue weighted by molar-refractivity contribution is 7.13. The van der Waals surface area contributed by atoms with Crippen molar-refractivity contribution in [3.8, 4) is 10.6 Å². The van der Waals surface area contributed by atoms with Gasteiger partial charge in [-0.05, 0) is 43.5 Å². The predicted molar refractivity (Wildman–Crippen MR) is 110 cm³/mol. The number of carbonyl (C=O) groups is 2. The van der Waals surface area contributed by atoms with Crippen molar-refractivity contribution in [1.82, 2.24) is 30.6 Å². The van der Waals surface area contributed by atoms with Crippen LogP contribution in [0.4, 0.5) is 0 Å². The molecule has 0 aliphatic rings. The van der Waals surface area contributed by atoms with Gasteiger partial charge in [0.25, 0.3) is 11.8 Å². The Morgan fingerprint density at radius 3 is 2.62 bits per heavy atom. The number of nitrogens with one attached hydrogen (secondary N) is 2. The van der Waals surface area contributed by atoms with Gasteiger partial charge in [0.1, 0.15) is 0 Å². The van der Waals surface area contributed by atoms with Gasteiger partial charge >= 0.3 is 0 Å².